The molecule has 2 rings (SSSR count). The van der Waals surface area contributed by atoms with E-state index in [1.54, 1.807) is 32.2 Å². The predicted molar refractivity (Wildman–Crippen MR) is 106 cm³/mol. The fourth-order valence-electron chi connectivity index (χ4n) is 2.59. The highest BCUT2D eigenvalue weighted by Crippen LogP contribution is 2.22. The predicted octanol–water partition coefficient (Wildman–Crippen LogP) is 3.29. The zero-order chi connectivity index (χ0) is 20.8. The molecule has 0 fully saturated rings. The molecule has 0 amide bonds. The summed E-state index contributed by atoms with van der Waals surface area (Å²) in [5.74, 6) is -1.64. The monoisotopic (exact) mass is 405 g/mol. The van der Waals surface area contributed by atoms with Gasteiger partial charge in [0, 0.05) is 17.6 Å². The van der Waals surface area contributed by atoms with Gasteiger partial charge >= 0.3 is 11.9 Å². The summed E-state index contributed by atoms with van der Waals surface area (Å²) in [5, 5.41) is 5.08. The minimum atomic E-state index is -1.05. The number of carbonyl (C=O) groups excluding carboxylic acids is 3. The number of carbonyl (C=O) groups is 3. The highest BCUT2D eigenvalue weighted by atomic mass is 32.1. The quantitative estimate of drug-likeness (QED) is 0.374. The zero-order valence-electron chi connectivity index (χ0n) is 16.3. The number of ketones is 1. The molecule has 0 aromatic carbocycles. The Morgan fingerprint density at radius 3 is 2.71 bits per heavy atom. The summed E-state index contributed by atoms with van der Waals surface area (Å²) >= 11 is 1.25. The molecular weight excluding hydrogens is 382 g/mol. The molecule has 0 saturated heterocycles. The Hall–Kier alpha value is -2.94. The number of nitrogens with one attached hydrogen (secondary N) is 2. The van der Waals surface area contributed by atoms with Gasteiger partial charge < -0.3 is 19.8 Å². The van der Waals surface area contributed by atoms with Gasteiger partial charge in [-0.2, -0.15) is 0 Å². The number of thiazole rings is 1. The number of esters is 2. The number of nitrogens with zero attached hydrogens (tertiary/aromatic N) is 1. The minimum Gasteiger partial charge on any atom is -0.462 e. The van der Waals surface area contributed by atoms with Crippen LogP contribution in [0.3, 0.4) is 0 Å². The van der Waals surface area contributed by atoms with Gasteiger partial charge in [0.25, 0.3) is 0 Å². The van der Waals surface area contributed by atoms with E-state index in [2.05, 4.69) is 21.9 Å². The Bertz CT molecular complexity index is 900. The normalized spacial score (nSPS) is 11.6. The molecule has 0 aliphatic carbocycles. The van der Waals surface area contributed by atoms with Crippen LogP contribution >= 0.6 is 11.3 Å². The smallest absolute Gasteiger partial charge is 0.358 e. The number of rotatable bonds is 9. The number of hydrogen-bond donors (Lipinski definition) is 2. The van der Waals surface area contributed by atoms with E-state index < -0.39 is 23.8 Å². The number of hydrogen-bond acceptors (Lipinski definition) is 8. The number of aryl methyl sites for hydroxylation is 1. The van der Waals surface area contributed by atoms with Crippen molar-refractivity contribution in [2.75, 3.05) is 18.5 Å². The summed E-state index contributed by atoms with van der Waals surface area (Å²) in [6.45, 7) is 10.9. The van der Waals surface area contributed by atoms with Crippen molar-refractivity contribution in [1.82, 2.24) is 9.97 Å². The van der Waals surface area contributed by atoms with Crippen LogP contribution in [0.2, 0.25) is 0 Å². The maximum absolute atomic E-state index is 12.7. The number of Topliss-reactive ketones (excluding diaryl/α,β-unsaturated/α-hetero) is 1. The van der Waals surface area contributed by atoms with Crippen molar-refractivity contribution in [3.63, 3.8) is 0 Å². The van der Waals surface area contributed by atoms with Crippen molar-refractivity contribution >= 4 is 34.2 Å². The van der Waals surface area contributed by atoms with Gasteiger partial charge in [-0.05, 0) is 33.3 Å². The average molecular weight is 405 g/mol. The molecular formula is C19H23N3O5S. The fourth-order valence-corrected chi connectivity index (χ4v) is 3.28. The average Bonchev–Trinajstić information content (AvgIpc) is 3.24. The third kappa shape index (κ3) is 4.66. The molecule has 2 heterocycles. The van der Waals surface area contributed by atoms with Gasteiger partial charge in [0.15, 0.2) is 16.9 Å². The first-order valence-electron chi connectivity index (χ1n) is 8.71. The van der Waals surface area contributed by atoms with Crippen molar-refractivity contribution in [2.45, 2.75) is 33.8 Å². The first-order valence-corrected chi connectivity index (χ1v) is 9.59. The van der Waals surface area contributed by atoms with Crippen LogP contribution < -0.4 is 5.32 Å². The van der Waals surface area contributed by atoms with Crippen LogP contribution in [-0.2, 0) is 9.47 Å². The molecule has 8 nitrogen and oxygen atoms in total. The Morgan fingerprint density at radius 1 is 1.36 bits per heavy atom. The lowest BCUT2D eigenvalue weighted by Gasteiger charge is -2.11. The van der Waals surface area contributed by atoms with E-state index in [1.165, 1.54) is 18.3 Å². The third-order valence-electron chi connectivity index (χ3n) is 3.93. The molecule has 0 spiro atoms. The van der Waals surface area contributed by atoms with Gasteiger partial charge in [0.1, 0.15) is 0 Å². The summed E-state index contributed by atoms with van der Waals surface area (Å²) < 4.78 is 10.3. The molecule has 0 radical (unpaired) electrons. The van der Waals surface area contributed by atoms with Gasteiger partial charge in [-0.25, -0.2) is 14.6 Å². The first-order chi connectivity index (χ1) is 13.3. The molecule has 2 aromatic heterocycles. The van der Waals surface area contributed by atoms with Gasteiger partial charge in [0.05, 0.1) is 17.9 Å². The molecule has 0 aliphatic rings. The first kappa shape index (κ1) is 21.4. The lowest BCUT2D eigenvalue weighted by molar-refractivity contribution is 0.0312. The van der Waals surface area contributed by atoms with E-state index >= 15 is 0 Å². The van der Waals surface area contributed by atoms with E-state index in [0.29, 0.717) is 28.5 Å². The highest BCUT2D eigenvalue weighted by molar-refractivity contribution is 7.13. The van der Waals surface area contributed by atoms with Crippen LogP contribution in [0.25, 0.3) is 0 Å². The number of ether oxygens (including phenoxy) is 2. The zero-order valence-corrected chi connectivity index (χ0v) is 17.1. The van der Waals surface area contributed by atoms with Gasteiger partial charge in [-0.1, -0.05) is 6.08 Å². The van der Waals surface area contributed by atoms with Gasteiger partial charge in [-0.3, -0.25) is 4.79 Å². The minimum absolute atomic E-state index is 0.114. The van der Waals surface area contributed by atoms with E-state index in [0.717, 1.165) is 0 Å². The van der Waals surface area contributed by atoms with Crippen LogP contribution in [0.4, 0.5) is 5.13 Å². The van der Waals surface area contributed by atoms with E-state index in [-0.39, 0.29) is 18.0 Å². The van der Waals surface area contributed by atoms with E-state index in [1.807, 2.05) is 0 Å². The number of aromatic amines is 1. The van der Waals surface area contributed by atoms with Crippen LogP contribution in [0.5, 0.6) is 0 Å². The largest absolute Gasteiger partial charge is 0.462 e. The second-order valence-electron chi connectivity index (χ2n) is 5.96. The molecule has 0 bridgehead atoms. The Labute approximate surface area is 167 Å². The van der Waals surface area contributed by atoms with E-state index in [4.69, 9.17) is 9.47 Å². The maximum Gasteiger partial charge on any atom is 0.358 e. The fraction of sp³-hybridized carbons (Fsp3) is 0.368. The van der Waals surface area contributed by atoms with Crippen LogP contribution in [-0.4, -0.2) is 46.9 Å². The van der Waals surface area contributed by atoms with E-state index in [9.17, 15) is 14.4 Å². The summed E-state index contributed by atoms with van der Waals surface area (Å²) in [5.41, 5.74) is 1.64. The molecule has 2 N–H and O–H groups in total. The van der Waals surface area contributed by atoms with Crippen molar-refractivity contribution in [1.29, 1.82) is 0 Å². The molecule has 1 atom stereocenters. The van der Waals surface area contributed by atoms with Crippen molar-refractivity contribution in [3.05, 3.63) is 46.2 Å². The number of H-pyrrole nitrogens is 1. The molecule has 0 saturated carbocycles. The topological polar surface area (TPSA) is 110 Å². The molecule has 150 valence electrons. The summed E-state index contributed by atoms with van der Waals surface area (Å²) in [6.07, 6.45) is 0.622. The van der Waals surface area contributed by atoms with Crippen molar-refractivity contribution in [2.24, 2.45) is 0 Å². The lowest BCUT2D eigenvalue weighted by Crippen LogP contribution is -2.25. The SMILES string of the molecule is C=CCNc1nc(C(=O)OC(C)C(=O)c2[nH]c(C)c(C(=O)OCC)c2C)cs1. The Balaban J connectivity index is 2.11. The molecule has 1 unspecified atom stereocenters. The van der Waals surface area contributed by atoms with Crippen LogP contribution in [0, 0.1) is 13.8 Å². The Morgan fingerprint density at radius 2 is 2.07 bits per heavy atom. The van der Waals surface area contributed by atoms with Crippen molar-refractivity contribution < 1.29 is 23.9 Å². The van der Waals surface area contributed by atoms with Crippen LogP contribution in [0.1, 0.15) is 56.4 Å². The standard InChI is InChI=1S/C19H23N3O5S/c1-6-8-20-19-22-13(9-28-19)17(24)27-12(5)16(23)15-10(3)14(11(4)21-15)18(25)26-7-2/h6,9,12,21H,1,7-8H2,2-5H3,(H,20,22). The van der Waals surface area contributed by atoms with Gasteiger partial charge in [0.2, 0.25) is 5.78 Å². The highest BCUT2D eigenvalue weighted by Gasteiger charge is 2.28. The summed E-state index contributed by atoms with van der Waals surface area (Å²) in [4.78, 5) is 44.1. The maximum atomic E-state index is 12.7. The Kier molecular flexibility index (Phi) is 7.11. The molecule has 28 heavy (non-hydrogen) atoms. The summed E-state index contributed by atoms with van der Waals surface area (Å²) in [7, 11) is 0. The van der Waals surface area contributed by atoms with Crippen LogP contribution in [0.15, 0.2) is 18.0 Å². The van der Waals surface area contributed by atoms with Gasteiger partial charge in [-0.15, -0.1) is 17.9 Å². The third-order valence-corrected chi connectivity index (χ3v) is 4.73. The number of aromatic nitrogens is 2. The molecule has 2 aromatic rings. The number of anilines is 1. The lowest BCUT2D eigenvalue weighted by atomic mass is 10.1. The molecule has 9 heteroatoms. The second kappa shape index (κ2) is 9.32. The second-order valence-corrected chi connectivity index (χ2v) is 6.82. The summed E-state index contributed by atoms with van der Waals surface area (Å²) in [6, 6.07) is 0. The molecule has 0 aliphatic heterocycles. The van der Waals surface area contributed by atoms with Crippen molar-refractivity contribution in [3.8, 4) is 0 Å².